The summed E-state index contributed by atoms with van der Waals surface area (Å²) in [6, 6.07) is 0. The van der Waals surface area contributed by atoms with Crippen LogP contribution in [0.5, 0.6) is 0 Å². The van der Waals surface area contributed by atoms with E-state index in [0.29, 0.717) is 18.3 Å². The Labute approximate surface area is 105 Å². The van der Waals surface area contributed by atoms with Gasteiger partial charge in [0, 0.05) is 20.4 Å². The van der Waals surface area contributed by atoms with Crippen molar-refractivity contribution in [2.24, 2.45) is 12.8 Å². The molecule has 2 N–H and O–H groups in total. The summed E-state index contributed by atoms with van der Waals surface area (Å²) < 4.78 is 12.0. The predicted octanol–water partition coefficient (Wildman–Crippen LogP) is 0.599. The maximum Gasteiger partial charge on any atom is 0.261 e. The van der Waals surface area contributed by atoms with Crippen LogP contribution in [0.15, 0.2) is 10.7 Å². The van der Waals surface area contributed by atoms with Gasteiger partial charge >= 0.3 is 0 Å². The summed E-state index contributed by atoms with van der Waals surface area (Å²) >= 11 is 0. The van der Waals surface area contributed by atoms with Gasteiger partial charge in [0.25, 0.3) is 5.89 Å². The summed E-state index contributed by atoms with van der Waals surface area (Å²) in [6.45, 7) is 4.00. The number of hydrogen-bond donors (Lipinski definition) is 1. The minimum atomic E-state index is -0.771. The highest BCUT2D eigenvalue weighted by Crippen LogP contribution is 2.23. The molecule has 0 fully saturated rings. The van der Waals surface area contributed by atoms with E-state index in [4.69, 9.17) is 15.0 Å². The first-order valence-electron chi connectivity index (χ1n) is 5.56. The van der Waals surface area contributed by atoms with Crippen molar-refractivity contribution in [1.29, 1.82) is 0 Å². The summed E-state index contributed by atoms with van der Waals surface area (Å²) in [7, 11) is 3.42. The third-order valence-corrected chi connectivity index (χ3v) is 2.62. The van der Waals surface area contributed by atoms with Gasteiger partial charge in [0.15, 0.2) is 5.82 Å². The molecule has 1 atom stereocenters. The topological polar surface area (TPSA) is 92.0 Å². The molecule has 0 saturated heterocycles. The fourth-order valence-electron chi connectivity index (χ4n) is 1.74. The van der Waals surface area contributed by atoms with Crippen molar-refractivity contribution in [2.75, 3.05) is 13.7 Å². The Morgan fingerprint density at radius 1 is 1.56 bits per heavy atom. The van der Waals surface area contributed by atoms with Crippen LogP contribution in [-0.4, -0.2) is 33.6 Å². The Bertz CT molecular complexity index is 543. The van der Waals surface area contributed by atoms with Gasteiger partial charge in [-0.3, -0.25) is 4.68 Å². The van der Waals surface area contributed by atoms with Crippen molar-refractivity contribution in [3.8, 4) is 11.5 Å². The van der Waals surface area contributed by atoms with Gasteiger partial charge in [-0.05, 0) is 13.8 Å². The van der Waals surface area contributed by atoms with Crippen LogP contribution < -0.4 is 5.73 Å². The molecule has 0 aliphatic heterocycles. The molecular weight excluding hydrogens is 234 g/mol. The summed E-state index contributed by atoms with van der Waals surface area (Å²) in [5.41, 5.74) is 6.92. The van der Waals surface area contributed by atoms with Crippen molar-refractivity contribution in [3.05, 3.63) is 17.7 Å². The van der Waals surface area contributed by atoms with E-state index >= 15 is 0 Å². The second-order valence-electron chi connectivity index (χ2n) is 4.58. The lowest BCUT2D eigenvalue weighted by atomic mass is 10.1. The molecule has 2 aromatic heterocycles. The van der Waals surface area contributed by atoms with Crippen LogP contribution in [0, 0.1) is 6.92 Å². The van der Waals surface area contributed by atoms with E-state index < -0.39 is 5.54 Å². The van der Waals surface area contributed by atoms with Gasteiger partial charge in [0.2, 0.25) is 0 Å². The standard InChI is InChI=1S/C11H17N5O2/c1-7-8(5-16(3)14-7)9-13-10(15-18-9)11(2,12)6-17-4/h5H,6,12H2,1-4H3. The molecule has 0 radical (unpaired) electrons. The average molecular weight is 251 g/mol. The number of aromatic nitrogens is 4. The van der Waals surface area contributed by atoms with Gasteiger partial charge in [-0.15, -0.1) is 0 Å². The van der Waals surface area contributed by atoms with Gasteiger partial charge in [-0.1, -0.05) is 5.16 Å². The Balaban J connectivity index is 2.34. The summed E-state index contributed by atoms with van der Waals surface area (Å²) in [6.07, 6.45) is 1.83. The number of rotatable bonds is 4. The number of aryl methyl sites for hydroxylation is 2. The van der Waals surface area contributed by atoms with Crippen LogP contribution in [-0.2, 0) is 17.3 Å². The van der Waals surface area contributed by atoms with Crippen molar-refractivity contribution >= 4 is 0 Å². The Hall–Kier alpha value is -1.73. The molecule has 1 unspecified atom stereocenters. The van der Waals surface area contributed by atoms with Gasteiger partial charge < -0.3 is 15.0 Å². The van der Waals surface area contributed by atoms with Gasteiger partial charge in [0.05, 0.1) is 17.9 Å². The molecule has 0 amide bonds. The lowest BCUT2D eigenvalue weighted by Crippen LogP contribution is -2.38. The monoisotopic (exact) mass is 251 g/mol. The number of methoxy groups -OCH3 is 1. The highest BCUT2D eigenvalue weighted by molar-refractivity contribution is 5.54. The zero-order valence-electron chi connectivity index (χ0n) is 11.0. The van der Waals surface area contributed by atoms with E-state index in [1.807, 2.05) is 20.2 Å². The Morgan fingerprint density at radius 2 is 2.28 bits per heavy atom. The molecule has 0 bridgehead atoms. The zero-order chi connectivity index (χ0) is 13.3. The molecule has 2 heterocycles. The first-order valence-corrected chi connectivity index (χ1v) is 5.56. The molecule has 0 aromatic carbocycles. The molecule has 18 heavy (non-hydrogen) atoms. The number of nitrogens with two attached hydrogens (primary N) is 1. The highest BCUT2D eigenvalue weighted by Gasteiger charge is 2.28. The third-order valence-electron chi connectivity index (χ3n) is 2.62. The first kappa shape index (κ1) is 12.7. The molecule has 0 saturated carbocycles. The molecule has 0 aliphatic rings. The van der Waals surface area contributed by atoms with E-state index in [0.717, 1.165) is 11.3 Å². The smallest absolute Gasteiger partial charge is 0.261 e. The van der Waals surface area contributed by atoms with E-state index in [1.54, 1.807) is 18.7 Å². The number of ether oxygens (including phenoxy) is 1. The molecule has 2 rings (SSSR count). The molecule has 98 valence electrons. The van der Waals surface area contributed by atoms with Crippen LogP contribution in [0.1, 0.15) is 18.4 Å². The SMILES string of the molecule is COCC(C)(N)c1noc(-c2cn(C)nc2C)n1. The van der Waals surface area contributed by atoms with Crippen molar-refractivity contribution in [1.82, 2.24) is 19.9 Å². The normalized spacial score (nSPS) is 14.7. The average Bonchev–Trinajstić information content (AvgIpc) is 2.85. The summed E-state index contributed by atoms with van der Waals surface area (Å²) in [5.74, 6) is 0.839. The van der Waals surface area contributed by atoms with E-state index in [-0.39, 0.29) is 0 Å². The predicted molar refractivity (Wildman–Crippen MR) is 64.7 cm³/mol. The molecular formula is C11H17N5O2. The van der Waals surface area contributed by atoms with E-state index in [2.05, 4.69) is 15.2 Å². The number of hydrogen-bond acceptors (Lipinski definition) is 6. The lowest BCUT2D eigenvalue weighted by molar-refractivity contribution is 0.135. The van der Waals surface area contributed by atoms with Crippen LogP contribution >= 0.6 is 0 Å². The highest BCUT2D eigenvalue weighted by atomic mass is 16.5. The van der Waals surface area contributed by atoms with Gasteiger partial charge in [-0.2, -0.15) is 10.1 Å². The first-order chi connectivity index (χ1) is 8.44. The Morgan fingerprint density at radius 3 is 2.83 bits per heavy atom. The van der Waals surface area contributed by atoms with E-state index in [1.165, 1.54) is 0 Å². The fraction of sp³-hybridized carbons (Fsp3) is 0.545. The molecule has 2 aromatic rings. The maximum atomic E-state index is 6.05. The third kappa shape index (κ3) is 2.27. The van der Waals surface area contributed by atoms with Gasteiger partial charge in [-0.25, -0.2) is 0 Å². The quantitative estimate of drug-likeness (QED) is 0.855. The molecule has 0 spiro atoms. The summed E-state index contributed by atoms with van der Waals surface area (Å²) in [4.78, 5) is 4.31. The minimum Gasteiger partial charge on any atom is -0.382 e. The summed E-state index contributed by atoms with van der Waals surface area (Å²) in [5, 5.41) is 8.13. The van der Waals surface area contributed by atoms with Crippen LogP contribution in [0.4, 0.5) is 0 Å². The Kier molecular flexibility index (Phi) is 3.18. The van der Waals surface area contributed by atoms with Crippen LogP contribution in [0.3, 0.4) is 0 Å². The molecule has 7 nitrogen and oxygen atoms in total. The minimum absolute atomic E-state index is 0.317. The molecule has 7 heteroatoms. The van der Waals surface area contributed by atoms with Crippen molar-refractivity contribution in [3.63, 3.8) is 0 Å². The van der Waals surface area contributed by atoms with E-state index in [9.17, 15) is 0 Å². The zero-order valence-corrected chi connectivity index (χ0v) is 11.0. The maximum absolute atomic E-state index is 6.05. The van der Waals surface area contributed by atoms with Crippen molar-refractivity contribution < 1.29 is 9.26 Å². The molecule has 0 aliphatic carbocycles. The lowest BCUT2D eigenvalue weighted by Gasteiger charge is -2.18. The largest absolute Gasteiger partial charge is 0.382 e. The second kappa shape index (κ2) is 4.51. The number of nitrogens with zero attached hydrogens (tertiary/aromatic N) is 4. The van der Waals surface area contributed by atoms with Crippen LogP contribution in [0.25, 0.3) is 11.5 Å². The fourth-order valence-corrected chi connectivity index (χ4v) is 1.74. The van der Waals surface area contributed by atoms with Crippen molar-refractivity contribution in [2.45, 2.75) is 19.4 Å². The second-order valence-corrected chi connectivity index (χ2v) is 4.58. The van der Waals surface area contributed by atoms with Crippen LogP contribution in [0.2, 0.25) is 0 Å². The van der Waals surface area contributed by atoms with Gasteiger partial charge in [0.1, 0.15) is 5.54 Å².